The highest BCUT2D eigenvalue weighted by Crippen LogP contribution is 2.16. The van der Waals surface area contributed by atoms with Gasteiger partial charge in [-0.05, 0) is 29.8 Å². The molecule has 0 aromatic heterocycles. The summed E-state index contributed by atoms with van der Waals surface area (Å²) in [4.78, 5) is 9.99. The van der Waals surface area contributed by atoms with Crippen molar-refractivity contribution in [1.82, 2.24) is 4.72 Å². The summed E-state index contributed by atoms with van der Waals surface area (Å²) in [5, 5.41) is 10.7. The van der Waals surface area contributed by atoms with E-state index < -0.39 is 32.3 Å². The smallest absolute Gasteiger partial charge is 0.243 e. The van der Waals surface area contributed by atoms with E-state index in [1.165, 1.54) is 0 Å². The van der Waals surface area contributed by atoms with Crippen LogP contribution in [0.15, 0.2) is 53.4 Å². The standard InChI is InChI=1S/C15H14FNO5S/c16-13-7-6-11(15(18)19)10-14(13)23(20,21)17-8-9-22-12-4-2-1-3-5-12/h1-7,10,17H,8-9H2,(H,18,19)/p-1. The van der Waals surface area contributed by atoms with E-state index in [1.807, 2.05) is 6.07 Å². The third-order valence-corrected chi connectivity index (χ3v) is 4.34. The molecule has 0 saturated carbocycles. The molecule has 0 saturated heterocycles. The Balaban J connectivity index is 2.01. The lowest BCUT2D eigenvalue weighted by atomic mass is 10.2. The zero-order chi connectivity index (χ0) is 16.9. The number of rotatable bonds is 7. The minimum atomic E-state index is -4.20. The molecule has 0 unspecified atom stereocenters. The highest BCUT2D eigenvalue weighted by atomic mass is 32.2. The summed E-state index contributed by atoms with van der Waals surface area (Å²) < 4.78 is 45.1. The Labute approximate surface area is 132 Å². The zero-order valence-electron chi connectivity index (χ0n) is 11.9. The van der Waals surface area contributed by atoms with E-state index in [1.54, 1.807) is 24.3 Å². The monoisotopic (exact) mass is 338 g/mol. The van der Waals surface area contributed by atoms with Gasteiger partial charge >= 0.3 is 0 Å². The first-order valence-electron chi connectivity index (χ1n) is 6.58. The summed E-state index contributed by atoms with van der Waals surface area (Å²) in [5.41, 5.74) is -0.424. The Kier molecular flexibility index (Phi) is 5.30. The average Bonchev–Trinajstić information content (AvgIpc) is 2.52. The first kappa shape index (κ1) is 16.9. The van der Waals surface area contributed by atoms with Crippen molar-refractivity contribution in [3.05, 3.63) is 59.9 Å². The minimum Gasteiger partial charge on any atom is -0.545 e. The molecule has 0 amide bonds. The molecular formula is C15H13FNO5S-. The Morgan fingerprint density at radius 3 is 2.52 bits per heavy atom. The van der Waals surface area contributed by atoms with Crippen LogP contribution in [0.25, 0.3) is 0 Å². The summed E-state index contributed by atoms with van der Waals surface area (Å²) in [5.74, 6) is -2.07. The number of carbonyl (C=O) groups is 1. The highest BCUT2D eigenvalue weighted by molar-refractivity contribution is 7.89. The Morgan fingerprint density at radius 1 is 1.17 bits per heavy atom. The Hall–Kier alpha value is -2.45. The van der Waals surface area contributed by atoms with Gasteiger partial charge in [-0.25, -0.2) is 17.5 Å². The molecule has 2 aromatic carbocycles. The fraction of sp³-hybridized carbons (Fsp3) is 0.133. The molecule has 0 aliphatic rings. The Morgan fingerprint density at radius 2 is 1.87 bits per heavy atom. The summed E-state index contributed by atoms with van der Waals surface area (Å²) in [6.07, 6.45) is 0. The molecule has 1 N–H and O–H groups in total. The van der Waals surface area contributed by atoms with Crippen LogP contribution in [-0.2, 0) is 10.0 Å². The van der Waals surface area contributed by atoms with Gasteiger partial charge in [0.1, 0.15) is 23.1 Å². The number of sulfonamides is 1. The first-order valence-corrected chi connectivity index (χ1v) is 8.07. The van der Waals surface area contributed by atoms with Gasteiger partial charge in [-0.3, -0.25) is 0 Å². The molecule has 23 heavy (non-hydrogen) atoms. The third kappa shape index (κ3) is 4.51. The number of hydrogen-bond donors (Lipinski definition) is 1. The van der Waals surface area contributed by atoms with E-state index in [-0.39, 0.29) is 13.2 Å². The van der Waals surface area contributed by atoms with Crippen LogP contribution in [0.4, 0.5) is 4.39 Å². The van der Waals surface area contributed by atoms with E-state index >= 15 is 0 Å². The van der Waals surface area contributed by atoms with Crippen molar-refractivity contribution < 1.29 is 27.4 Å². The van der Waals surface area contributed by atoms with Crippen LogP contribution in [0.3, 0.4) is 0 Å². The van der Waals surface area contributed by atoms with Crippen LogP contribution >= 0.6 is 0 Å². The van der Waals surface area contributed by atoms with Crippen molar-refractivity contribution in [2.24, 2.45) is 0 Å². The van der Waals surface area contributed by atoms with Crippen LogP contribution in [0.1, 0.15) is 10.4 Å². The lowest BCUT2D eigenvalue weighted by Crippen LogP contribution is -2.29. The second-order valence-corrected chi connectivity index (χ2v) is 6.23. The molecule has 0 atom stereocenters. The van der Waals surface area contributed by atoms with Gasteiger partial charge < -0.3 is 14.6 Å². The SMILES string of the molecule is O=C([O-])c1ccc(F)c(S(=O)(=O)NCCOc2ccccc2)c1. The molecule has 0 heterocycles. The molecule has 0 spiro atoms. The molecule has 2 rings (SSSR count). The molecule has 0 fully saturated rings. The van der Waals surface area contributed by atoms with Crippen molar-refractivity contribution in [3.8, 4) is 5.75 Å². The zero-order valence-corrected chi connectivity index (χ0v) is 12.7. The maximum absolute atomic E-state index is 13.6. The fourth-order valence-electron chi connectivity index (χ4n) is 1.78. The quantitative estimate of drug-likeness (QED) is 0.744. The molecule has 6 nitrogen and oxygen atoms in total. The van der Waals surface area contributed by atoms with Gasteiger partial charge in [-0.1, -0.05) is 24.3 Å². The van der Waals surface area contributed by atoms with E-state index in [4.69, 9.17) is 4.74 Å². The van der Waals surface area contributed by atoms with Gasteiger partial charge in [-0.2, -0.15) is 0 Å². The van der Waals surface area contributed by atoms with E-state index in [0.29, 0.717) is 11.8 Å². The van der Waals surface area contributed by atoms with E-state index in [0.717, 1.165) is 12.1 Å². The van der Waals surface area contributed by atoms with Gasteiger partial charge in [-0.15, -0.1) is 0 Å². The van der Waals surface area contributed by atoms with Crippen molar-refractivity contribution in [2.45, 2.75) is 4.90 Å². The van der Waals surface area contributed by atoms with Crippen LogP contribution in [-0.4, -0.2) is 27.5 Å². The molecule has 122 valence electrons. The Bertz CT molecular complexity index is 793. The molecule has 0 aliphatic carbocycles. The topological polar surface area (TPSA) is 95.5 Å². The van der Waals surface area contributed by atoms with Crippen LogP contribution < -0.4 is 14.6 Å². The van der Waals surface area contributed by atoms with Gasteiger partial charge in [0.2, 0.25) is 10.0 Å². The van der Waals surface area contributed by atoms with Crippen LogP contribution in [0.5, 0.6) is 5.75 Å². The van der Waals surface area contributed by atoms with Gasteiger partial charge in [0.25, 0.3) is 0 Å². The maximum atomic E-state index is 13.6. The maximum Gasteiger partial charge on any atom is 0.243 e. The summed E-state index contributed by atoms with van der Waals surface area (Å²) in [6, 6.07) is 11.2. The number of halogens is 1. The molecule has 0 radical (unpaired) electrons. The number of carbonyl (C=O) groups excluding carboxylic acids is 1. The predicted octanol–water partition coefficient (Wildman–Crippen LogP) is 0.546. The second-order valence-electron chi connectivity index (χ2n) is 4.49. The van der Waals surface area contributed by atoms with E-state index in [2.05, 4.69) is 4.72 Å². The van der Waals surface area contributed by atoms with Crippen molar-refractivity contribution in [1.29, 1.82) is 0 Å². The highest BCUT2D eigenvalue weighted by Gasteiger charge is 2.19. The van der Waals surface area contributed by atoms with Crippen molar-refractivity contribution >= 4 is 16.0 Å². The fourth-order valence-corrected chi connectivity index (χ4v) is 2.89. The molecule has 8 heteroatoms. The summed E-state index contributed by atoms with van der Waals surface area (Å²) in [7, 11) is -4.20. The lowest BCUT2D eigenvalue weighted by molar-refractivity contribution is -0.255. The minimum absolute atomic E-state index is 0.0328. The number of carboxylic acid groups (broad SMARTS) is 1. The number of nitrogens with one attached hydrogen (secondary N) is 1. The number of aromatic carboxylic acids is 1. The largest absolute Gasteiger partial charge is 0.545 e. The third-order valence-electron chi connectivity index (χ3n) is 2.86. The van der Waals surface area contributed by atoms with Crippen LogP contribution in [0, 0.1) is 5.82 Å². The summed E-state index contributed by atoms with van der Waals surface area (Å²) in [6.45, 7) is -0.0722. The van der Waals surface area contributed by atoms with Crippen molar-refractivity contribution in [3.63, 3.8) is 0 Å². The summed E-state index contributed by atoms with van der Waals surface area (Å²) >= 11 is 0. The molecular weight excluding hydrogens is 325 g/mol. The van der Waals surface area contributed by atoms with Gasteiger partial charge in [0.05, 0.1) is 5.97 Å². The normalized spacial score (nSPS) is 11.2. The van der Waals surface area contributed by atoms with E-state index in [9.17, 15) is 22.7 Å². The van der Waals surface area contributed by atoms with Crippen LogP contribution in [0.2, 0.25) is 0 Å². The lowest BCUT2D eigenvalue weighted by Gasteiger charge is -2.10. The number of ether oxygens (including phenoxy) is 1. The van der Waals surface area contributed by atoms with Crippen molar-refractivity contribution in [2.75, 3.05) is 13.2 Å². The predicted molar refractivity (Wildman–Crippen MR) is 77.9 cm³/mol. The second kappa shape index (κ2) is 7.21. The number of benzene rings is 2. The number of hydrogen-bond acceptors (Lipinski definition) is 5. The number of carboxylic acids is 1. The van der Waals surface area contributed by atoms with Gasteiger partial charge in [0, 0.05) is 6.54 Å². The average molecular weight is 338 g/mol. The molecule has 0 bridgehead atoms. The number of para-hydroxylation sites is 1. The van der Waals surface area contributed by atoms with Gasteiger partial charge in [0.15, 0.2) is 0 Å². The molecule has 0 aliphatic heterocycles. The molecule has 2 aromatic rings. The first-order chi connectivity index (χ1) is 10.9.